The van der Waals surface area contributed by atoms with E-state index in [0.717, 1.165) is 78.7 Å². The molecule has 7 aromatic carbocycles. The lowest BCUT2D eigenvalue weighted by Gasteiger charge is -2.21. The highest BCUT2D eigenvalue weighted by molar-refractivity contribution is 6.31. The quantitative estimate of drug-likeness (QED) is 0.182. The van der Waals surface area contributed by atoms with Gasteiger partial charge in [0.15, 0.2) is 23.0 Å². The number of aryl methyl sites for hydroxylation is 4. The number of nitrogens with zero attached hydrogens (tertiary/aromatic N) is 2. The van der Waals surface area contributed by atoms with E-state index >= 15 is 0 Å². The number of aromatic nitrogens is 2. The van der Waals surface area contributed by atoms with Gasteiger partial charge in [0.2, 0.25) is 0 Å². The fraction of sp³-hybridized carbons (Fsp3) is 0.0870. The molecule has 0 amide bonds. The van der Waals surface area contributed by atoms with E-state index < -0.39 is 0 Å². The van der Waals surface area contributed by atoms with E-state index in [1.165, 1.54) is 43.8 Å². The summed E-state index contributed by atoms with van der Waals surface area (Å²) in [6.45, 7) is 8.47. The molecule has 2 aliphatic heterocycles. The summed E-state index contributed by atoms with van der Waals surface area (Å²) < 4.78 is 17.7. The molecule has 0 N–H and O–H groups in total. The van der Waals surface area contributed by atoms with E-state index in [9.17, 15) is 0 Å². The van der Waals surface area contributed by atoms with Crippen molar-refractivity contribution in [3.63, 3.8) is 0 Å². The highest BCUT2D eigenvalue weighted by Crippen LogP contribution is 2.49. The van der Waals surface area contributed by atoms with Gasteiger partial charge in [-0.1, -0.05) is 35.9 Å². The van der Waals surface area contributed by atoms with Crippen molar-refractivity contribution in [3.8, 4) is 56.6 Å². The number of hydrogen-bond donors (Lipinski definition) is 0. The lowest BCUT2D eigenvalue weighted by molar-refractivity contribution is 0.475. The van der Waals surface area contributed by atoms with Crippen molar-refractivity contribution in [2.24, 2.45) is 0 Å². The molecule has 51 heavy (non-hydrogen) atoms. The molecule has 0 radical (unpaired) electrons. The third kappa shape index (κ3) is 4.08. The number of benzene rings is 7. The van der Waals surface area contributed by atoms with Crippen LogP contribution in [0, 0.1) is 27.7 Å². The highest BCUT2D eigenvalue weighted by Gasteiger charge is 2.26. The van der Waals surface area contributed by atoms with Gasteiger partial charge < -0.3 is 18.6 Å². The minimum Gasteiger partial charge on any atom is -0.453 e. The molecule has 0 spiro atoms. The molecule has 4 nitrogen and oxygen atoms in total. The molecule has 0 fully saturated rings. The van der Waals surface area contributed by atoms with Crippen molar-refractivity contribution in [1.29, 1.82) is 0 Å². The van der Waals surface area contributed by atoms with E-state index in [0.29, 0.717) is 5.02 Å². The molecule has 0 unspecified atom stereocenters. The third-order valence-electron chi connectivity index (χ3n) is 10.7. The summed E-state index contributed by atoms with van der Waals surface area (Å²) >= 11 is 6.93. The van der Waals surface area contributed by atoms with Crippen LogP contribution >= 0.6 is 11.6 Å². The van der Waals surface area contributed by atoms with Crippen LogP contribution in [-0.4, -0.2) is 9.13 Å². The average Bonchev–Trinajstić information content (AvgIpc) is 3.61. The van der Waals surface area contributed by atoms with Crippen LogP contribution in [0.25, 0.3) is 77.2 Å². The summed E-state index contributed by atoms with van der Waals surface area (Å²) in [7, 11) is 0. The first kappa shape index (κ1) is 28.8. The molecule has 244 valence electrons. The second-order valence-electron chi connectivity index (χ2n) is 14.3. The SMILES string of the molecule is Cc1ccc2c(c1)Oc1cc(C)cc3c4cc(-c5cc(Cl)cc(-c6ccc7c(c6)c6cc(C)cc8c6n7-c6ccc(C)cc6O8)c5)ccc4n-2c13. The number of halogens is 1. The number of ether oxygens (including phenoxy) is 2. The second kappa shape index (κ2) is 10.1. The lowest BCUT2D eigenvalue weighted by Crippen LogP contribution is -2.04. The van der Waals surface area contributed by atoms with Crippen LogP contribution in [0.15, 0.2) is 115 Å². The van der Waals surface area contributed by atoms with E-state index in [2.05, 4.69) is 152 Å². The first-order chi connectivity index (χ1) is 24.8. The van der Waals surface area contributed by atoms with Crippen molar-refractivity contribution < 1.29 is 9.47 Å². The van der Waals surface area contributed by atoms with E-state index in [1.54, 1.807) is 0 Å². The highest BCUT2D eigenvalue weighted by atomic mass is 35.5. The van der Waals surface area contributed by atoms with Gasteiger partial charge in [-0.2, -0.15) is 0 Å². The minimum absolute atomic E-state index is 0.704. The fourth-order valence-corrected chi connectivity index (χ4v) is 8.68. The van der Waals surface area contributed by atoms with Gasteiger partial charge in [0.1, 0.15) is 0 Å². The Hall–Kier alpha value is -5.97. The van der Waals surface area contributed by atoms with Crippen LogP contribution < -0.4 is 9.47 Å². The molecule has 4 heterocycles. The summed E-state index contributed by atoms with van der Waals surface area (Å²) in [4.78, 5) is 0. The zero-order valence-corrected chi connectivity index (χ0v) is 29.3. The Balaban J connectivity index is 1.09. The van der Waals surface area contributed by atoms with E-state index in [1.807, 2.05) is 0 Å². The van der Waals surface area contributed by atoms with Gasteiger partial charge in [0.05, 0.1) is 33.4 Å². The van der Waals surface area contributed by atoms with Gasteiger partial charge in [-0.3, -0.25) is 0 Å². The normalized spacial score (nSPS) is 12.7. The van der Waals surface area contributed by atoms with Gasteiger partial charge in [-0.05, 0) is 163 Å². The van der Waals surface area contributed by atoms with Crippen LogP contribution in [0.5, 0.6) is 23.0 Å². The van der Waals surface area contributed by atoms with Crippen LogP contribution in [-0.2, 0) is 0 Å². The summed E-state index contributed by atoms with van der Waals surface area (Å²) in [5, 5.41) is 5.45. The maximum absolute atomic E-state index is 6.93. The zero-order valence-electron chi connectivity index (χ0n) is 28.6. The molecule has 2 aromatic heterocycles. The van der Waals surface area contributed by atoms with Crippen molar-refractivity contribution in [3.05, 3.63) is 143 Å². The maximum Gasteiger partial charge on any atom is 0.152 e. The van der Waals surface area contributed by atoms with Gasteiger partial charge in [-0.15, -0.1) is 0 Å². The van der Waals surface area contributed by atoms with Crippen LogP contribution in [0.4, 0.5) is 0 Å². The molecule has 9 aromatic rings. The molecule has 0 saturated carbocycles. The van der Waals surface area contributed by atoms with E-state index in [-0.39, 0.29) is 0 Å². The molecular weight excluding hydrogens is 648 g/mol. The standard InChI is InChI=1S/C46H31ClN2O2/c1-24-5-9-39-41(15-24)50-43-17-26(3)13-35-33-22-28(7-11-37(33)48(39)45(35)43)30-19-31(21-32(47)20-30)29-8-12-38-34(23-29)36-14-27(4)18-44-46(36)49(38)40-10-6-25(2)16-42(40)51-44/h5-23H,1-4H3. The van der Waals surface area contributed by atoms with Crippen molar-refractivity contribution in [2.75, 3.05) is 0 Å². The van der Waals surface area contributed by atoms with E-state index in [4.69, 9.17) is 21.1 Å². The largest absolute Gasteiger partial charge is 0.453 e. The molecule has 0 aliphatic carbocycles. The van der Waals surface area contributed by atoms with Crippen LogP contribution in [0.2, 0.25) is 5.02 Å². The van der Waals surface area contributed by atoms with Gasteiger partial charge in [0, 0.05) is 26.6 Å². The number of rotatable bonds is 2. The van der Waals surface area contributed by atoms with Gasteiger partial charge in [-0.25, -0.2) is 0 Å². The molecule has 5 heteroatoms. The molecule has 11 rings (SSSR count). The lowest BCUT2D eigenvalue weighted by atomic mass is 9.96. The Morgan fingerprint density at radius 2 is 0.843 bits per heavy atom. The Kier molecular flexibility index (Phi) is 5.69. The smallest absolute Gasteiger partial charge is 0.152 e. The average molecular weight is 679 g/mol. The van der Waals surface area contributed by atoms with Crippen molar-refractivity contribution >= 4 is 55.2 Å². The summed E-state index contributed by atoms with van der Waals surface area (Å²) in [5.74, 6) is 3.56. The third-order valence-corrected chi connectivity index (χ3v) is 10.9. The van der Waals surface area contributed by atoms with Crippen LogP contribution in [0.1, 0.15) is 22.3 Å². The van der Waals surface area contributed by atoms with Crippen LogP contribution in [0.3, 0.4) is 0 Å². The number of hydrogen-bond acceptors (Lipinski definition) is 2. The predicted molar refractivity (Wildman–Crippen MR) is 210 cm³/mol. The zero-order chi connectivity index (χ0) is 34.3. The second-order valence-corrected chi connectivity index (χ2v) is 14.8. The Bertz CT molecular complexity index is 2830. The Morgan fingerprint density at radius 1 is 0.392 bits per heavy atom. The molecule has 0 atom stereocenters. The molecular formula is C46H31ClN2O2. The molecule has 2 aliphatic rings. The Morgan fingerprint density at radius 3 is 1.31 bits per heavy atom. The topological polar surface area (TPSA) is 28.3 Å². The monoisotopic (exact) mass is 678 g/mol. The van der Waals surface area contributed by atoms with Crippen molar-refractivity contribution in [2.45, 2.75) is 27.7 Å². The molecule has 0 saturated heterocycles. The molecule has 0 bridgehead atoms. The maximum atomic E-state index is 6.93. The number of fused-ring (bicyclic) bond motifs is 10. The first-order valence-corrected chi connectivity index (χ1v) is 17.7. The summed E-state index contributed by atoms with van der Waals surface area (Å²) in [5.41, 5.74) is 15.7. The minimum atomic E-state index is 0.704. The Labute approximate surface area is 299 Å². The van der Waals surface area contributed by atoms with Gasteiger partial charge >= 0.3 is 0 Å². The fourth-order valence-electron chi connectivity index (χ4n) is 8.45. The van der Waals surface area contributed by atoms with Gasteiger partial charge in [0.25, 0.3) is 0 Å². The van der Waals surface area contributed by atoms with Crippen molar-refractivity contribution in [1.82, 2.24) is 9.13 Å². The summed E-state index contributed by atoms with van der Waals surface area (Å²) in [6, 6.07) is 41.6. The summed E-state index contributed by atoms with van der Waals surface area (Å²) in [6.07, 6.45) is 0. The predicted octanol–water partition coefficient (Wildman–Crippen LogP) is 13.3. The first-order valence-electron chi connectivity index (χ1n) is 17.3.